The second-order valence-electron chi connectivity index (χ2n) is 4.19. The van der Waals surface area contributed by atoms with Crippen LogP contribution in [0.3, 0.4) is 0 Å². The van der Waals surface area contributed by atoms with Crippen molar-refractivity contribution in [1.29, 1.82) is 0 Å². The highest BCUT2D eigenvalue weighted by atomic mass is 16.3. The molecule has 0 aromatic carbocycles. The van der Waals surface area contributed by atoms with Crippen molar-refractivity contribution in [2.45, 2.75) is 33.1 Å². The lowest BCUT2D eigenvalue weighted by atomic mass is 10.2. The molecule has 6 nitrogen and oxygen atoms in total. The lowest BCUT2D eigenvalue weighted by Gasteiger charge is -2.20. The summed E-state index contributed by atoms with van der Waals surface area (Å²) in [6.07, 6.45) is 2.60. The molecular weight excluding hydrogens is 232 g/mol. The summed E-state index contributed by atoms with van der Waals surface area (Å²) in [7, 11) is 0. The molecule has 0 bridgehead atoms. The molecule has 1 heterocycles. The zero-order chi connectivity index (χ0) is 13.5. The first-order valence-electron chi connectivity index (χ1n) is 6.38. The van der Waals surface area contributed by atoms with Crippen LogP contribution in [0.5, 0.6) is 0 Å². The van der Waals surface area contributed by atoms with Gasteiger partial charge in [0.15, 0.2) is 5.69 Å². The smallest absolute Gasteiger partial charge is 0.276 e. The van der Waals surface area contributed by atoms with E-state index in [1.54, 1.807) is 4.90 Å². The Bertz CT molecular complexity index is 389. The number of amides is 1. The Morgan fingerprint density at radius 2 is 2.17 bits per heavy atom. The third-order valence-electron chi connectivity index (χ3n) is 2.88. The largest absolute Gasteiger partial charge is 0.395 e. The quantitative estimate of drug-likeness (QED) is 0.670. The summed E-state index contributed by atoms with van der Waals surface area (Å²) in [6.45, 7) is 4.87. The highest BCUT2D eigenvalue weighted by Crippen LogP contribution is 2.16. The molecule has 102 valence electrons. The molecule has 6 heteroatoms. The van der Waals surface area contributed by atoms with Gasteiger partial charge < -0.3 is 15.7 Å². The van der Waals surface area contributed by atoms with Crippen molar-refractivity contribution in [2.24, 2.45) is 0 Å². The summed E-state index contributed by atoms with van der Waals surface area (Å²) in [5.41, 5.74) is 7.33. The first-order valence-corrected chi connectivity index (χ1v) is 6.38. The molecule has 1 rings (SSSR count). The Kier molecular flexibility index (Phi) is 5.64. The van der Waals surface area contributed by atoms with Crippen LogP contribution >= 0.6 is 0 Å². The molecule has 0 fully saturated rings. The molecule has 0 atom stereocenters. The number of nitrogen functional groups attached to an aromatic ring is 1. The number of hydrogen-bond acceptors (Lipinski definition) is 4. The summed E-state index contributed by atoms with van der Waals surface area (Å²) in [5.74, 6) is -0.217. The molecule has 0 unspecified atom stereocenters. The van der Waals surface area contributed by atoms with Gasteiger partial charge in [-0.1, -0.05) is 20.3 Å². The molecule has 0 spiro atoms. The van der Waals surface area contributed by atoms with E-state index in [0.29, 0.717) is 25.2 Å². The van der Waals surface area contributed by atoms with Gasteiger partial charge in [0.25, 0.3) is 5.91 Å². The van der Waals surface area contributed by atoms with E-state index in [4.69, 9.17) is 10.8 Å². The molecular formula is C12H22N4O2. The monoisotopic (exact) mass is 254 g/mol. The number of nitrogens with two attached hydrogens (primary N) is 1. The molecule has 0 aliphatic rings. The molecule has 18 heavy (non-hydrogen) atoms. The maximum absolute atomic E-state index is 12.2. The molecule has 0 saturated carbocycles. The lowest BCUT2D eigenvalue weighted by molar-refractivity contribution is 0.0714. The number of aliphatic hydroxyl groups excluding tert-OH is 1. The summed E-state index contributed by atoms with van der Waals surface area (Å²) in [4.78, 5) is 13.8. The number of aliphatic hydroxyl groups is 1. The van der Waals surface area contributed by atoms with Crippen molar-refractivity contribution >= 4 is 11.6 Å². The number of carbonyl (C=O) groups excluding carboxylic acids is 1. The highest BCUT2D eigenvalue weighted by Gasteiger charge is 2.21. The fourth-order valence-electron chi connectivity index (χ4n) is 1.75. The molecule has 0 aliphatic heterocycles. The van der Waals surface area contributed by atoms with Crippen LogP contribution in [-0.4, -0.2) is 45.8 Å². The number of aryl methyl sites for hydroxylation is 1. The summed E-state index contributed by atoms with van der Waals surface area (Å²) < 4.78 is 0. The summed E-state index contributed by atoms with van der Waals surface area (Å²) in [5, 5.41) is 15.7. The number of aromatic nitrogens is 2. The number of unbranched alkanes of at least 4 members (excludes halogenated alkanes) is 1. The number of rotatable bonds is 7. The summed E-state index contributed by atoms with van der Waals surface area (Å²) >= 11 is 0. The Balaban J connectivity index is 2.83. The number of carbonyl (C=O) groups is 1. The minimum absolute atomic E-state index is 0.0551. The highest BCUT2D eigenvalue weighted by molar-refractivity contribution is 5.97. The molecule has 4 N–H and O–H groups in total. The van der Waals surface area contributed by atoms with Gasteiger partial charge in [-0.15, -0.1) is 0 Å². The van der Waals surface area contributed by atoms with Crippen molar-refractivity contribution in [1.82, 2.24) is 15.1 Å². The minimum Gasteiger partial charge on any atom is -0.395 e. The van der Waals surface area contributed by atoms with Gasteiger partial charge in [0.1, 0.15) is 0 Å². The molecule has 1 aromatic heterocycles. The van der Waals surface area contributed by atoms with Crippen LogP contribution in [0.25, 0.3) is 0 Å². The normalized spacial score (nSPS) is 10.6. The van der Waals surface area contributed by atoms with E-state index in [2.05, 4.69) is 17.1 Å². The predicted molar refractivity (Wildman–Crippen MR) is 70.3 cm³/mol. The van der Waals surface area contributed by atoms with E-state index >= 15 is 0 Å². The van der Waals surface area contributed by atoms with Gasteiger partial charge in [0, 0.05) is 13.1 Å². The van der Waals surface area contributed by atoms with E-state index in [9.17, 15) is 4.79 Å². The van der Waals surface area contributed by atoms with Crippen LogP contribution in [0.1, 0.15) is 42.9 Å². The predicted octanol–water partition coefficient (Wildman–Crippen LogP) is 0.789. The van der Waals surface area contributed by atoms with E-state index in [1.807, 2.05) is 6.92 Å². The van der Waals surface area contributed by atoms with Crippen LogP contribution in [0, 0.1) is 0 Å². The average molecular weight is 254 g/mol. The molecule has 1 aromatic rings. The Hall–Kier alpha value is -1.56. The standard InChI is InChI=1S/C12H22N4O2/c1-3-5-6-16(7-8-17)12(18)11-10(13)9(4-2)14-15-11/h17H,3-8,13H2,1-2H3,(H,14,15). The van der Waals surface area contributed by atoms with Crippen LogP contribution < -0.4 is 5.73 Å². The van der Waals surface area contributed by atoms with Gasteiger partial charge in [-0.05, 0) is 12.8 Å². The van der Waals surface area contributed by atoms with Crippen molar-refractivity contribution in [3.8, 4) is 0 Å². The number of nitrogens with one attached hydrogen (secondary N) is 1. The molecule has 0 aliphatic carbocycles. The van der Waals surface area contributed by atoms with Gasteiger partial charge in [-0.25, -0.2) is 0 Å². The molecule has 0 saturated heterocycles. The van der Waals surface area contributed by atoms with Crippen LogP contribution in [0.15, 0.2) is 0 Å². The van der Waals surface area contributed by atoms with Gasteiger partial charge in [0.05, 0.1) is 18.0 Å². The van der Waals surface area contributed by atoms with E-state index in [-0.39, 0.29) is 18.2 Å². The van der Waals surface area contributed by atoms with Crippen molar-refractivity contribution in [2.75, 3.05) is 25.4 Å². The first kappa shape index (κ1) is 14.5. The van der Waals surface area contributed by atoms with E-state index < -0.39 is 0 Å². The Labute approximate surface area is 107 Å². The van der Waals surface area contributed by atoms with Crippen molar-refractivity contribution in [3.05, 3.63) is 11.4 Å². The second-order valence-corrected chi connectivity index (χ2v) is 4.19. The lowest BCUT2D eigenvalue weighted by Crippen LogP contribution is -2.35. The molecule has 0 radical (unpaired) electrons. The number of H-pyrrole nitrogens is 1. The number of aromatic amines is 1. The van der Waals surface area contributed by atoms with Crippen molar-refractivity contribution < 1.29 is 9.90 Å². The maximum Gasteiger partial charge on any atom is 0.276 e. The van der Waals surface area contributed by atoms with Crippen molar-refractivity contribution in [3.63, 3.8) is 0 Å². The van der Waals surface area contributed by atoms with Crippen LogP contribution in [0.4, 0.5) is 5.69 Å². The average Bonchev–Trinajstić information content (AvgIpc) is 2.74. The third kappa shape index (κ3) is 3.22. The third-order valence-corrected chi connectivity index (χ3v) is 2.88. The van der Waals surface area contributed by atoms with Gasteiger partial charge in [0.2, 0.25) is 0 Å². The fraction of sp³-hybridized carbons (Fsp3) is 0.667. The molecule has 1 amide bonds. The van der Waals surface area contributed by atoms with Gasteiger partial charge >= 0.3 is 0 Å². The summed E-state index contributed by atoms with van der Waals surface area (Å²) in [6, 6.07) is 0. The SMILES string of the molecule is CCCCN(CCO)C(=O)c1n[nH]c(CC)c1N. The fourth-order valence-corrected chi connectivity index (χ4v) is 1.75. The Morgan fingerprint density at radius 3 is 2.67 bits per heavy atom. The topological polar surface area (TPSA) is 95.2 Å². The van der Waals surface area contributed by atoms with Gasteiger partial charge in [-0.2, -0.15) is 5.10 Å². The van der Waals surface area contributed by atoms with E-state index in [1.165, 1.54) is 0 Å². The second kappa shape index (κ2) is 7.00. The minimum atomic E-state index is -0.217. The number of hydrogen-bond donors (Lipinski definition) is 3. The maximum atomic E-state index is 12.2. The van der Waals surface area contributed by atoms with Gasteiger partial charge in [-0.3, -0.25) is 9.89 Å². The Morgan fingerprint density at radius 1 is 1.44 bits per heavy atom. The first-order chi connectivity index (χ1) is 8.65. The zero-order valence-electron chi connectivity index (χ0n) is 11.1. The number of nitrogens with zero attached hydrogens (tertiary/aromatic N) is 2. The van der Waals surface area contributed by atoms with Crippen LogP contribution in [0.2, 0.25) is 0 Å². The zero-order valence-corrected chi connectivity index (χ0v) is 11.1. The number of anilines is 1. The van der Waals surface area contributed by atoms with Crippen LogP contribution in [-0.2, 0) is 6.42 Å². The van der Waals surface area contributed by atoms with E-state index in [0.717, 1.165) is 18.5 Å².